The molecule has 1 aromatic rings. The molecule has 0 atom stereocenters. The average Bonchev–Trinajstić information content (AvgIpc) is 2.80. The number of carbonyl (C=O) groups is 2. The maximum atomic E-state index is 12.4. The molecule has 0 bridgehead atoms. The number of carboxylic acids is 1. The third kappa shape index (κ3) is 2.82. The number of rotatable bonds is 4. The zero-order chi connectivity index (χ0) is 14.9. The van der Waals surface area contributed by atoms with Crippen LogP contribution in [0.4, 0.5) is 5.69 Å². The molecule has 0 radical (unpaired) electrons. The predicted molar refractivity (Wildman–Crippen MR) is 75.2 cm³/mol. The Morgan fingerprint density at radius 3 is 2.70 bits per heavy atom. The lowest BCUT2D eigenvalue weighted by molar-refractivity contribution is -0.123. The predicted octanol–water partition coefficient (Wildman–Crippen LogP) is 2.09. The number of methoxy groups -OCH3 is 1. The SMILES string of the molecule is COC(C)(C)CC(=O)N1CCc2ccc(C(=O)O)cc21. The summed E-state index contributed by atoms with van der Waals surface area (Å²) in [6.07, 6.45) is 1.02. The largest absolute Gasteiger partial charge is 0.478 e. The highest BCUT2D eigenvalue weighted by Gasteiger charge is 2.30. The third-order valence-corrected chi connectivity index (χ3v) is 3.66. The number of hydrogen-bond donors (Lipinski definition) is 1. The monoisotopic (exact) mass is 277 g/mol. The van der Waals surface area contributed by atoms with Gasteiger partial charge in [0, 0.05) is 19.3 Å². The minimum atomic E-state index is -0.982. The van der Waals surface area contributed by atoms with Crippen molar-refractivity contribution in [3.8, 4) is 0 Å². The number of aromatic carboxylic acids is 1. The van der Waals surface area contributed by atoms with Crippen molar-refractivity contribution in [2.24, 2.45) is 0 Å². The summed E-state index contributed by atoms with van der Waals surface area (Å²) < 4.78 is 5.28. The molecule has 1 aliphatic heterocycles. The van der Waals surface area contributed by atoms with E-state index in [4.69, 9.17) is 9.84 Å². The van der Waals surface area contributed by atoms with Crippen LogP contribution in [0.3, 0.4) is 0 Å². The van der Waals surface area contributed by atoms with Crippen LogP contribution in [-0.2, 0) is 16.0 Å². The van der Waals surface area contributed by atoms with Crippen LogP contribution in [0.1, 0.15) is 36.2 Å². The van der Waals surface area contributed by atoms with E-state index in [-0.39, 0.29) is 17.9 Å². The van der Waals surface area contributed by atoms with Crippen molar-refractivity contribution in [2.45, 2.75) is 32.3 Å². The molecule has 20 heavy (non-hydrogen) atoms. The van der Waals surface area contributed by atoms with Gasteiger partial charge in [-0.1, -0.05) is 6.07 Å². The van der Waals surface area contributed by atoms with Crippen LogP contribution >= 0.6 is 0 Å². The molecular weight excluding hydrogens is 258 g/mol. The Bertz CT molecular complexity index is 551. The Hall–Kier alpha value is -1.88. The molecule has 0 unspecified atom stereocenters. The fourth-order valence-electron chi connectivity index (χ4n) is 2.30. The molecular formula is C15H19NO4. The minimum Gasteiger partial charge on any atom is -0.478 e. The van der Waals surface area contributed by atoms with E-state index in [0.717, 1.165) is 12.0 Å². The fourth-order valence-corrected chi connectivity index (χ4v) is 2.30. The lowest BCUT2D eigenvalue weighted by atomic mass is 10.0. The first-order chi connectivity index (χ1) is 9.34. The Balaban J connectivity index is 2.24. The average molecular weight is 277 g/mol. The zero-order valence-electron chi connectivity index (χ0n) is 12.0. The number of anilines is 1. The molecule has 0 spiro atoms. The van der Waals surface area contributed by atoms with E-state index in [9.17, 15) is 9.59 Å². The highest BCUT2D eigenvalue weighted by molar-refractivity contribution is 5.98. The molecule has 0 saturated carbocycles. The van der Waals surface area contributed by atoms with E-state index in [1.807, 2.05) is 13.8 Å². The van der Waals surface area contributed by atoms with Gasteiger partial charge in [-0.05, 0) is 38.0 Å². The number of amides is 1. The third-order valence-electron chi connectivity index (χ3n) is 3.66. The smallest absolute Gasteiger partial charge is 0.335 e. The van der Waals surface area contributed by atoms with Crippen LogP contribution in [-0.4, -0.2) is 36.2 Å². The first-order valence-electron chi connectivity index (χ1n) is 6.56. The van der Waals surface area contributed by atoms with Crippen LogP contribution < -0.4 is 4.90 Å². The standard InChI is InChI=1S/C15H19NO4/c1-15(2,20-3)9-13(17)16-7-6-10-4-5-11(14(18)19)8-12(10)16/h4-5,8H,6-7,9H2,1-3H3,(H,18,19). The van der Waals surface area contributed by atoms with E-state index < -0.39 is 11.6 Å². The van der Waals surface area contributed by atoms with Gasteiger partial charge in [0.2, 0.25) is 5.91 Å². The van der Waals surface area contributed by atoms with Crippen molar-refractivity contribution in [1.82, 2.24) is 0 Å². The van der Waals surface area contributed by atoms with Gasteiger partial charge in [0.25, 0.3) is 0 Å². The molecule has 1 N–H and O–H groups in total. The molecule has 1 aliphatic rings. The Morgan fingerprint density at radius 2 is 2.10 bits per heavy atom. The number of benzene rings is 1. The van der Waals surface area contributed by atoms with Gasteiger partial charge >= 0.3 is 5.97 Å². The van der Waals surface area contributed by atoms with Crippen molar-refractivity contribution in [3.63, 3.8) is 0 Å². The summed E-state index contributed by atoms with van der Waals surface area (Å²) in [7, 11) is 1.58. The molecule has 5 nitrogen and oxygen atoms in total. The number of fused-ring (bicyclic) bond motifs is 1. The maximum Gasteiger partial charge on any atom is 0.335 e. The van der Waals surface area contributed by atoms with Gasteiger partial charge < -0.3 is 14.7 Å². The summed E-state index contributed by atoms with van der Waals surface area (Å²) in [6.45, 7) is 4.31. The van der Waals surface area contributed by atoms with Gasteiger partial charge in [-0.15, -0.1) is 0 Å². The van der Waals surface area contributed by atoms with E-state index in [2.05, 4.69) is 0 Å². The summed E-state index contributed by atoms with van der Waals surface area (Å²) >= 11 is 0. The highest BCUT2D eigenvalue weighted by atomic mass is 16.5. The lowest BCUT2D eigenvalue weighted by Gasteiger charge is -2.26. The first-order valence-corrected chi connectivity index (χ1v) is 6.56. The normalized spacial score (nSPS) is 14.2. The lowest BCUT2D eigenvalue weighted by Crippen LogP contribution is -2.36. The highest BCUT2D eigenvalue weighted by Crippen LogP contribution is 2.30. The fraction of sp³-hybridized carbons (Fsp3) is 0.467. The number of ether oxygens (including phenoxy) is 1. The van der Waals surface area contributed by atoms with Gasteiger partial charge in [-0.2, -0.15) is 0 Å². The van der Waals surface area contributed by atoms with E-state index in [1.54, 1.807) is 30.2 Å². The van der Waals surface area contributed by atoms with E-state index >= 15 is 0 Å². The Kier molecular flexibility index (Phi) is 3.81. The molecule has 0 saturated heterocycles. The molecule has 1 heterocycles. The number of nitrogens with zero attached hydrogens (tertiary/aromatic N) is 1. The molecule has 0 aromatic heterocycles. The van der Waals surface area contributed by atoms with Gasteiger partial charge in [-0.25, -0.2) is 4.79 Å². The summed E-state index contributed by atoms with van der Waals surface area (Å²) in [5.41, 5.74) is 1.40. The maximum absolute atomic E-state index is 12.4. The van der Waals surface area contributed by atoms with Crippen LogP contribution in [0.5, 0.6) is 0 Å². The van der Waals surface area contributed by atoms with Gasteiger partial charge in [0.1, 0.15) is 0 Å². The molecule has 5 heteroatoms. The summed E-state index contributed by atoms with van der Waals surface area (Å²) in [5.74, 6) is -1.03. The molecule has 1 amide bonds. The Labute approximate surface area is 118 Å². The van der Waals surface area contributed by atoms with Crippen molar-refractivity contribution in [3.05, 3.63) is 29.3 Å². The van der Waals surface area contributed by atoms with Crippen LogP contribution in [0.25, 0.3) is 0 Å². The van der Waals surface area contributed by atoms with Crippen molar-refractivity contribution >= 4 is 17.6 Å². The van der Waals surface area contributed by atoms with Gasteiger partial charge in [-0.3, -0.25) is 4.79 Å². The summed E-state index contributed by atoms with van der Waals surface area (Å²) in [5, 5.41) is 9.04. The second-order valence-electron chi connectivity index (χ2n) is 5.58. The number of carbonyl (C=O) groups excluding carboxylic acids is 1. The summed E-state index contributed by atoms with van der Waals surface area (Å²) in [6, 6.07) is 4.93. The topological polar surface area (TPSA) is 66.8 Å². The van der Waals surface area contributed by atoms with Crippen LogP contribution in [0, 0.1) is 0 Å². The van der Waals surface area contributed by atoms with Crippen molar-refractivity contribution in [2.75, 3.05) is 18.6 Å². The van der Waals surface area contributed by atoms with E-state index in [0.29, 0.717) is 12.2 Å². The Morgan fingerprint density at radius 1 is 1.40 bits per heavy atom. The molecule has 2 rings (SSSR count). The molecule has 0 aliphatic carbocycles. The second kappa shape index (κ2) is 5.25. The summed E-state index contributed by atoms with van der Waals surface area (Å²) in [4.78, 5) is 25.0. The van der Waals surface area contributed by atoms with Gasteiger partial charge in [0.05, 0.1) is 17.6 Å². The van der Waals surface area contributed by atoms with Crippen molar-refractivity contribution in [1.29, 1.82) is 0 Å². The van der Waals surface area contributed by atoms with E-state index in [1.165, 1.54) is 0 Å². The van der Waals surface area contributed by atoms with Crippen LogP contribution in [0.2, 0.25) is 0 Å². The minimum absolute atomic E-state index is 0.0434. The number of carboxylic acid groups (broad SMARTS) is 1. The van der Waals surface area contributed by atoms with Crippen molar-refractivity contribution < 1.29 is 19.4 Å². The first kappa shape index (κ1) is 14.5. The van der Waals surface area contributed by atoms with Crippen LogP contribution in [0.15, 0.2) is 18.2 Å². The number of hydrogen-bond acceptors (Lipinski definition) is 3. The molecule has 108 valence electrons. The quantitative estimate of drug-likeness (QED) is 0.915. The van der Waals surface area contributed by atoms with Gasteiger partial charge in [0.15, 0.2) is 0 Å². The molecule has 1 aromatic carbocycles. The molecule has 0 fully saturated rings. The second-order valence-corrected chi connectivity index (χ2v) is 5.58. The zero-order valence-corrected chi connectivity index (χ0v) is 12.0.